The van der Waals surface area contributed by atoms with Crippen LogP contribution in [0.2, 0.25) is 10.0 Å². The van der Waals surface area contributed by atoms with E-state index in [1.54, 1.807) is 6.07 Å². The Balaban J connectivity index is 0.00000274. The number of halogens is 3. The number of hydrogen-bond acceptors (Lipinski definition) is 5. The summed E-state index contributed by atoms with van der Waals surface area (Å²) in [5.41, 5.74) is 3.47. The largest absolute Gasteiger partial charge is 0.352 e. The quantitative estimate of drug-likeness (QED) is 0.409. The van der Waals surface area contributed by atoms with E-state index in [-0.39, 0.29) is 18.4 Å². The van der Waals surface area contributed by atoms with Crippen LogP contribution in [0.1, 0.15) is 57.3 Å². The van der Waals surface area contributed by atoms with Gasteiger partial charge in [0.25, 0.3) is 0 Å². The molecule has 0 saturated carbocycles. The molecule has 2 aliphatic rings. The van der Waals surface area contributed by atoms with Crippen LogP contribution in [0.4, 0.5) is 5.82 Å². The molecule has 1 aromatic carbocycles. The molecule has 2 fully saturated rings. The molecular weight excluding hydrogens is 491 g/mol. The molecule has 6 nitrogen and oxygen atoms in total. The molecule has 2 aromatic heterocycles. The number of nitrogens with zero attached hydrogens (tertiary/aromatic N) is 6. The monoisotopic (exact) mass is 522 g/mol. The van der Waals surface area contributed by atoms with Crippen LogP contribution in [0, 0.1) is 12.8 Å². The van der Waals surface area contributed by atoms with Gasteiger partial charge in [0.2, 0.25) is 0 Å². The van der Waals surface area contributed by atoms with Crippen LogP contribution in [-0.4, -0.2) is 56.4 Å². The number of aromatic nitrogens is 4. The Hall–Kier alpha value is -1.60. The van der Waals surface area contributed by atoms with Gasteiger partial charge in [-0.2, -0.15) is 5.10 Å². The molecule has 0 N–H and O–H groups in total. The molecule has 4 heterocycles. The topological polar surface area (TPSA) is 50.1 Å². The summed E-state index contributed by atoms with van der Waals surface area (Å²) >= 11 is 12.6. The lowest BCUT2D eigenvalue weighted by Crippen LogP contribution is -2.53. The highest BCUT2D eigenvalue weighted by Crippen LogP contribution is 2.34. The minimum Gasteiger partial charge on any atom is -0.352 e. The minimum absolute atomic E-state index is 0. The van der Waals surface area contributed by atoms with Crippen LogP contribution in [0.25, 0.3) is 11.2 Å². The van der Waals surface area contributed by atoms with Crippen molar-refractivity contribution < 1.29 is 0 Å². The maximum Gasteiger partial charge on any atom is 0.179 e. The molecule has 4 atom stereocenters. The predicted octanol–water partition coefficient (Wildman–Crippen LogP) is 6.17. The second kappa shape index (κ2) is 10.2. The molecule has 0 bridgehead atoms. The molecule has 2 saturated heterocycles. The van der Waals surface area contributed by atoms with E-state index in [0.29, 0.717) is 28.0 Å². The van der Waals surface area contributed by atoms with E-state index in [2.05, 4.69) is 30.6 Å². The van der Waals surface area contributed by atoms with Crippen LogP contribution >= 0.6 is 35.6 Å². The third-order valence-corrected chi connectivity index (χ3v) is 8.06. The lowest BCUT2D eigenvalue weighted by molar-refractivity contribution is 0.143. The summed E-state index contributed by atoms with van der Waals surface area (Å²) in [6.07, 6.45) is 5.75. The summed E-state index contributed by atoms with van der Waals surface area (Å²) in [6, 6.07) is 6.59. The highest BCUT2D eigenvalue weighted by molar-refractivity contribution is 6.35. The molecule has 34 heavy (non-hydrogen) atoms. The minimum atomic E-state index is -0.0900. The van der Waals surface area contributed by atoms with E-state index in [1.165, 1.54) is 25.9 Å². The fourth-order valence-corrected chi connectivity index (χ4v) is 6.21. The number of piperidine rings is 1. The summed E-state index contributed by atoms with van der Waals surface area (Å²) in [7, 11) is 0. The zero-order valence-corrected chi connectivity index (χ0v) is 22.5. The average molecular weight is 524 g/mol. The Morgan fingerprint density at radius 2 is 1.85 bits per heavy atom. The molecule has 0 radical (unpaired) electrons. The van der Waals surface area contributed by atoms with Crippen molar-refractivity contribution in [2.45, 2.75) is 65.1 Å². The van der Waals surface area contributed by atoms with Gasteiger partial charge in [0.05, 0.1) is 17.9 Å². The lowest BCUT2D eigenvalue weighted by Gasteiger charge is -2.45. The van der Waals surface area contributed by atoms with Gasteiger partial charge >= 0.3 is 0 Å². The predicted molar refractivity (Wildman–Crippen MR) is 143 cm³/mol. The summed E-state index contributed by atoms with van der Waals surface area (Å²) in [5.74, 6) is 1.52. The van der Waals surface area contributed by atoms with Crippen molar-refractivity contribution in [3.05, 3.63) is 45.7 Å². The normalized spacial score (nSPS) is 24.4. The van der Waals surface area contributed by atoms with E-state index in [9.17, 15) is 0 Å². The van der Waals surface area contributed by atoms with Crippen molar-refractivity contribution in [3.8, 4) is 0 Å². The Morgan fingerprint density at radius 1 is 1.12 bits per heavy atom. The third kappa shape index (κ3) is 4.62. The molecule has 5 rings (SSSR count). The first-order valence-corrected chi connectivity index (χ1v) is 12.8. The van der Waals surface area contributed by atoms with Gasteiger partial charge in [0.1, 0.15) is 11.3 Å². The number of benzene rings is 1. The molecular formula is C25H33Cl3N6. The van der Waals surface area contributed by atoms with Crippen molar-refractivity contribution in [1.82, 2.24) is 24.6 Å². The van der Waals surface area contributed by atoms with Crippen molar-refractivity contribution in [2.75, 3.05) is 24.5 Å². The van der Waals surface area contributed by atoms with Gasteiger partial charge in [0, 0.05) is 28.7 Å². The summed E-state index contributed by atoms with van der Waals surface area (Å²) in [4.78, 5) is 15.0. The molecule has 0 aliphatic carbocycles. The van der Waals surface area contributed by atoms with Gasteiger partial charge in [-0.05, 0) is 76.7 Å². The lowest BCUT2D eigenvalue weighted by atomic mass is 9.88. The first kappa shape index (κ1) is 25.5. The number of fused-ring (bicyclic) bond motifs is 1. The number of rotatable bonds is 4. The second-order valence-corrected chi connectivity index (χ2v) is 10.6. The first-order chi connectivity index (χ1) is 15.8. The fraction of sp³-hybridized carbons (Fsp3) is 0.560. The van der Waals surface area contributed by atoms with Gasteiger partial charge in [0.15, 0.2) is 5.65 Å². The van der Waals surface area contributed by atoms with Crippen LogP contribution in [0.3, 0.4) is 0 Å². The number of aryl methyl sites for hydroxylation is 1. The zero-order valence-electron chi connectivity index (χ0n) is 20.2. The number of hydrogen-bond donors (Lipinski definition) is 0. The molecule has 2 unspecified atom stereocenters. The zero-order chi connectivity index (χ0) is 23.3. The Kier molecular flexibility index (Phi) is 7.63. The fourth-order valence-electron chi connectivity index (χ4n) is 5.64. The van der Waals surface area contributed by atoms with Gasteiger partial charge in [-0.15, -0.1) is 12.4 Å². The van der Waals surface area contributed by atoms with E-state index < -0.39 is 0 Å². The SMILES string of the molecule is Cc1nn(C(C)c2ccc(Cl)cc2Cl)c2nc(N3C[C@H](C)C(N4CCCC4)C[C@@H]3C)cnc12.Cl. The number of likely N-dealkylation sites (tertiary alicyclic amines) is 1. The van der Waals surface area contributed by atoms with Crippen LogP contribution < -0.4 is 4.90 Å². The van der Waals surface area contributed by atoms with Crippen LogP contribution in [-0.2, 0) is 0 Å². The molecule has 2 aliphatic heterocycles. The van der Waals surface area contributed by atoms with Crippen molar-refractivity contribution in [1.29, 1.82) is 0 Å². The third-order valence-electron chi connectivity index (χ3n) is 7.50. The summed E-state index contributed by atoms with van der Waals surface area (Å²) in [6.45, 7) is 12.3. The van der Waals surface area contributed by atoms with Crippen LogP contribution in [0.5, 0.6) is 0 Å². The Labute approximate surface area is 218 Å². The van der Waals surface area contributed by atoms with Gasteiger partial charge in [-0.3, -0.25) is 4.90 Å². The number of anilines is 1. The summed E-state index contributed by atoms with van der Waals surface area (Å²) < 4.78 is 1.95. The highest BCUT2D eigenvalue weighted by Gasteiger charge is 2.36. The molecule has 0 amide bonds. The molecule has 184 valence electrons. The van der Waals surface area contributed by atoms with Crippen LogP contribution in [0.15, 0.2) is 24.4 Å². The standard InChI is InChI=1S/C25H32Cl2N6.ClH/c1-15-14-32(16(2)11-22(15)31-9-5-6-10-31)23-13-28-24-17(3)30-33(25(24)29-23)18(4)20-8-7-19(26)12-21(20)27;/h7-8,12-13,15-16,18,22H,5-6,9-11,14H2,1-4H3;1H/t15-,16-,18?,22?;/m0./s1. The smallest absolute Gasteiger partial charge is 0.179 e. The highest BCUT2D eigenvalue weighted by atomic mass is 35.5. The van der Waals surface area contributed by atoms with E-state index in [0.717, 1.165) is 41.2 Å². The maximum atomic E-state index is 6.51. The first-order valence-electron chi connectivity index (χ1n) is 12.0. The second-order valence-electron chi connectivity index (χ2n) is 9.80. The molecule has 0 spiro atoms. The molecule has 3 aromatic rings. The van der Waals surface area contributed by atoms with E-state index in [1.807, 2.05) is 29.9 Å². The van der Waals surface area contributed by atoms with E-state index >= 15 is 0 Å². The molecule has 9 heteroatoms. The Morgan fingerprint density at radius 3 is 2.56 bits per heavy atom. The maximum absolute atomic E-state index is 6.51. The van der Waals surface area contributed by atoms with Gasteiger partial charge < -0.3 is 4.90 Å². The summed E-state index contributed by atoms with van der Waals surface area (Å²) in [5, 5.41) is 6.05. The van der Waals surface area contributed by atoms with Gasteiger partial charge in [-0.1, -0.05) is 36.2 Å². The van der Waals surface area contributed by atoms with Crippen molar-refractivity contribution in [3.63, 3.8) is 0 Å². The van der Waals surface area contributed by atoms with E-state index in [4.69, 9.17) is 38.3 Å². The van der Waals surface area contributed by atoms with Gasteiger partial charge in [-0.25, -0.2) is 14.6 Å². The van der Waals surface area contributed by atoms with Crippen molar-refractivity contribution in [2.24, 2.45) is 5.92 Å². The Bertz CT molecular complexity index is 1160. The average Bonchev–Trinajstić information content (AvgIpc) is 3.43. The van der Waals surface area contributed by atoms with Crippen molar-refractivity contribution >= 4 is 52.6 Å².